The number of benzene rings is 8. The minimum Gasteiger partial charge on any atom is -0.355 e. The summed E-state index contributed by atoms with van der Waals surface area (Å²) in [6.07, 6.45) is 1.49. The van der Waals surface area contributed by atoms with Gasteiger partial charge in [-0.15, -0.1) is 0 Å². The monoisotopic (exact) mass is 690 g/mol. The fraction of sp³-hybridized carbons (Fsp3) is 0. The topological polar surface area (TPSA) is 53.7 Å². The molecular weight excluding hydrogens is 657 g/mol. The predicted molar refractivity (Wildman–Crippen MR) is 228 cm³/mol. The van der Waals surface area contributed by atoms with E-state index in [4.69, 9.17) is 10.4 Å². The van der Waals surface area contributed by atoms with Gasteiger partial charge >= 0.3 is 0 Å². The molecule has 54 heavy (non-hydrogen) atoms. The number of fused-ring (bicyclic) bond motifs is 7. The third-order valence-corrected chi connectivity index (χ3v) is 10.5. The molecule has 10 rings (SSSR count). The average molecular weight is 691 g/mol. The number of hydrogen-bond acceptors (Lipinski definition) is 3. The molecule has 0 radical (unpaired) electrons. The van der Waals surface area contributed by atoms with Crippen molar-refractivity contribution in [1.82, 2.24) is 9.55 Å². The summed E-state index contributed by atoms with van der Waals surface area (Å²) in [6.45, 7) is 0. The van der Waals surface area contributed by atoms with Crippen LogP contribution in [-0.4, -0.2) is 15.8 Å². The van der Waals surface area contributed by atoms with E-state index in [2.05, 4.69) is 174 Å². The van der Waals surface area contributed by atoms with E-state index in [0.29, 0.717) is 0 Å². The highest BCUT2D eigenvalue weighted by Gasteiger charge is 2.21. The highest BCUT2D eigenvalue weighted by molar-refractivity contribution is 6.28. The molecule has 2 N–H and O–H groups in total. The van der Waals surface area contributed by atoms with E-state index in [1.807, 2.05) is 24.3 Å². The average Bonchev–Trinajstić information content (AvgIpc) is 3.59. The van der Waals surface area contributed by atoms with Crippen LogP contribution in [0.15, 0.2) is 188 Å². The molecule has 0 amide bonds. The fourth-order valence-corrected chi connectivity index (χ4v) is 7.93. The zero-order valence-corrected chi connectivity index (χ0v) is 29.4. The Bertz CT molecular complexity index is 2940. The quantitative estimate of drug-likeness (QED) is 0.129. The second kappa shape index (κ2) is 13.0. The summed E-state index contributed by atoms with van der Waals surface area (Å²) in [7, 11) is 0. The highest BCUT2D eigenvalue weighted by atomic mass is 15.0. The summed E-state index contributed by atoms with van der Waals surface area (Å²) in [5, 5.41) is 19.2. The molecule has 0 aliphatic heterocycles. The summed E-state index contributed by atoms with van der Waals surface area (Å²) in [5.41, 5.74) is 12.2. The van der Waals surface area contributed by atoms with Gasteiger partial charge in [-0.05, 0) is 75.8 Å². The van der Waals surface area contributed by atoms with E-state index in [9.17, 15) is 0 Å². The molecule has 0 bridgehead atoms. The van der Waals surface area contributed by atoms with E-state index in [-0.39, 0.29) is 0 Å². The van der Waals surface area contributed by atoms with Gasteiger partial charge in [0.15, 0.2) is 0 Å². The number of nitrogens with one attached hydrogen (secondary N) is 2. The van der Waals surface area contributed by atoms with E-state index >= 15 is 0 Å². The van der Waals surface area contributed by atoms with Crippen molar-refractivity contribution in [3.05, 3.63) is 194 Å². The summed E-state index contributed by atoms with van der Waals surface area (Å²) in [4.78, 5) is 5.19. The van der Waals surface area contributed by atoms with E-state index in [0.717, 1.165) is 78.1 Å². The first-order chi connectivity index (χ1) is 26.7. The van der Waals surface area contributed by atoms with Crippen molar-refractivity contribution in [1.29, 1.82) is 5.41 Å². The van der Waals surface area contributed by atoms with Crippen molar-refractivity contribution in [3.63, 3.8) is 0 Å². The number of aromatic nitrogens is 2. The zero-order chi connectivity index (χ0) is 36.0. The normalized spacial score (nSPS) is 11.4. The lowest BCUT2D eigenvalue weighted by atomic mass is 9.98. The molecule has 2 heterocycles. The van der Waals surface area contributed by atoms with Crippen molar-refractivity contribution in [2.24, 2.45) is 0 Å². The Balaban J connectivity index is 1.20. The smallest absolute Gasteiger partial charge is 0.0715 e. The highest BCUT2D eigenvalue weighted by Crippen LogP contribution is 2.42. The van der Waals surface area contributed by atoms with Crippen molar-refractivity contribution in [2.45, 2.75) is 0 Å². The number of rotatable bonds is 7. The maximum absolute atomic E-state index is 8.72. The number of anilines is 2. The van der Waals surface area contributed by atoms with Gasteiger partial charge in [0.25, 0.3) is 0 Å². The van der Waals surface area contributed by atoms with Crippen LogP contribution in [0.2, 0.25) is 0 Å². The Morgan fingerprint density at radius 2 is 1.09 bits per heavy atom. The second-order valence-corrected chi connectivity index (χ2v) is 13.6. The molecule has 0 aliphatic rings. The Morgan fingerprint density at radius 1 is 0.481 bits per heavy atom. The zero-order valence-electron chi connectivity index (χ0n) is 29.4. The largest absolute Gasteiger partial charge is 0.355 e. The van der Waals surface area contributed by atoms with Gasteiger partial charge in [-0.1, -0.05) is 140 Å². The SMILES string of the molecule is N=Cc1c(Nc2ccccc2)ccc2c1c1ccc3ccc4ccccc4c3c1n2-c1ccc(-c2cc(-c3ccccc3)cc(-c3ccccc3)n2)cc1. The van der Waals surface area contributed by atoms with E-state index < -0.39 is 0 Å². The molecule has 254 valence electrons. The summed E-state index contributed by atoms with van der Waals surface area (Å²) >= 11 is 0. The van der Waals surface area contributed by atoms with Gasteiger partial charge in [0.2, 0.25) is 0 Å². The van der Waals surface area contributed by atoms with Gasteiger partial charge in [-0.25, -0.2) is 4.98 Å². The molecule has 2 aromatic heterocycles. The van der Waals surface area contributed by atoms with E-state index in [1.54, 1.807) is 0 Å². The standard InChI is InChI=1S/C50H34N4/c51-32-43-44(52-39-17-8-3-9-18-39)28-29-47-49(43)42-27-24-37-21-20-34-14-10-11-19-41(34)48(37)50(42)54(47)40-25-22-36(23-26-40)46-31-38(33-12-4-1-5-13-33)30-45(53-46)35-15-6-2-7-16-35/h1-32,51-52H. The number of para-hydroxylation sites is 1. The molecule has 0 saturated carbocycles. The number of nitrogens with zero attached hydrogens (tertiary/aromatic N) is 2. The molecule has 0 fully saturated rings. The summed E-state index contributed by atoms with van der Waals surface area (Å²) < 4.78 is 2.38. The van der Waals surface area contributed by atoms with Crippen LogP contribution >= 0.6 is 0 Å². The van der Waals surface area contributed by atoms with Crippen molar-refractivity contribution < 1.29 is 0 Å². The van der Waals surface area contributed by atoms with Crippen LogP contribution in [0.1, 0.15) is 5.56 Å². The Labute approximate surface area is 313 Å². The van der Waals surface area contributed by atoms with Gasteiger partial charge in [-0.2, -0.15) is 0 Å². The van der Waals surface area contributed by atoms with Crippen molar-refractivity contribution >= 4 is 60.9 Å². The van der Waals surface area contributed by atoms with Crippen LogP contribution in [0.3, 0.4) is 0 Å². The van der Waals surface area contributed by atoms with Crippen molar-refractivity contribution in [2.75, 3.05) is 5.32 Å². The van der Waals surface area contributed by atoms with Crippen LogP contribution in [0.25, 0.3) is 82.7 Å². The predicted octanol–water partition coefficient (Wildman–Crippen LogP) is 13.2. The molecule has 8 aromatic carbocycles. The Hall–Kier alpha value is -7.30. The van der Waals surface area contributed by atoms with Crippen LogP contribution < -0.4 is 5.32 Å². The first kappa shape index (κ1) is 31.4. The van der Waals surface area contributed by atoms with Gasteiger partial charge in [-0.3, -0.25) is 0 Å². The molecule has 0 saturated heterocycles. The minimum absolute atomic E-state index is 0.853. The molecule has 10 aromatic rings. The summed E-state index contributed by atoms with van der Waals surface area (Å²) in [6, 6.07) is 66.0. The molecule has 4 nitrogen and oxygen atoms in total. The van der Waals surface area contributed by atoms with Crippen LogP contribution in [-0.2, 0) is 0 Å². The minimum atomic E-state index is 0.853. The van der Waals surface area contributed by atoms with Gasteiger partial charge < -0.3 is 15.3 Å². The van der Waals surface area contributed by atoms with Gasteiger partial charge in [0, 0.05) is 56.1 Å². The molecule has 0 atom stereocenters. The van der Waals surface area contributed by atoms with Gasteiger partial charge in [0.05, 0.1) is 22.4 Å². The maximum Gasteiger partial charge on any atom is 0.0715 e. The number of pyridine rings is 1. The molecular formula is C50H34N4. The molecule has 4 heteroatoms. The first-order valence-electron chi connectivity index (χ1n) is 18.2. The lowest BCUT2D eigenvalue weighted by molar-refractivity contribution is 1.19. The molecule has 0 aliphatic carbocycles. The lowest BCUT2D eigenvalue weighted by Crippen LogP contribution is -1.98. The lowest BCUT2D eigenvalue weighted by Gasteiger charge is -2.14. The third kappa shape index (κ3) is 5.32. The van der Waals surface area contributed by atoms with Crippen LogP contribution in [0, 0.1) is 5.41 Å². The summed E-state index contributed by atoms with van der Waals surface area (Å²) in [5.74, 6) is 0. The second-order valence-electron chi connectivity index (χ2n) is 13.6. The third-order valence-electron chi connectivity index (χ3n) is 10.5. The van der Waals surface area contributed by atoms with E-state index in [1.165, 1.54) is 27.8 Å². The van der Waals surface area contributed by atoms with Crippen LogP contribution in [0.5, 0.6) is 0 Å². The number of hydrogen-bond donors (Lipinski definition) is 2. The Morgan fingerprint density at radius 3 is 1.81 bits per heavy atom. The van der Waals surface area contributed by atoms with Crippen molar-refractivity contribution in [3.8, 4) is 39.3 Å². The molecule has 0 spiro atoms. The van der Waals surface area contributed by atoms with Gasteiger partial charge in [0.1, 0.15) is 0 Å². The molecule has 0 unspecified atom stereocenters. The fourth-order valence-electron chi connectivity index (χ4n) is 7.93. The first-order valence-corrected chi connectivity index (χ1v) is 18.2. The van der Waals surface area contributed by atoms with Crippen LogP contribution in [0.4, 0.5) is 11.4 Å². The maximum atomic E-state index is 8.72. The Kier molecular flexibility index (Phi) is 7.59.